The van der Waals surface area contributed by atoms with Crippen molar-refractivity contribution in [3.05, 3.63) is 81.9 Å². The van der Waals surface area contributed by atoms with E-state index in [4.69, 9.17) is 11.6 Å². The van der Waals surface area contributed by atoms with Crippen molar-refractivity contribution in [2.24, 2.45) is 0 Å². The number of halogens is 1. The molecule has 8 heteroatoms. The van der Waals surface area contributed by atoms with Gasteiger partial charge in [0.25, 0.3) is 5.69 Å². The van der Waals surface area contributed by atoms with Gasteiger partial charge >= 0.3 is 0 Å². The Morgan fingerprint density at radius 2 is 2.04 bits per heavy atom. The van der Waals surface area contributed by atoms with Gasteiger partial charge in [-0.05, 0) is 36.8 Å². The van der Waals surface area contributed by atoms with Crippen LogP contribution in [-0.2, 0) is 6.54 Å². The minimum atomic E-state index is -0.389. The van der Waals surface area contributed by atoms with Crippen LogP contribution in [0.5, 0.6) is 0 Å². The molecule has 0 fully saturated rings. The average molecular weight is 401 g/mol. The molecule has 0 saturated heterocycles. The highest BCUT2D eigenvalue weighted by molar-refractivity contribution is 7.99. The van der Waals surface area contributed by atoms with E-state index in [0.717, 1.165) is 22.1 Å². The van der Waals surface area contributed by atoms with Crippen LogP contribution in [0.2, 0.25) is 5.02 Å². The third-order valence-corrected chi connectivity index (χ3v) is 5.35. The monoisotopic (exact) mass is 400 g/mol. The average Bonchev–Trinajstić information content (AvgIpc) is 3.05. The van der Waals surface area contributed by atoms with Gasteiger partial charge in [-0.3, -0.25) is 14.7 Å². The second-order valence-corrected chi connectivity index (χ2v) is 7.57. The summed E-state index contributed by atoms with van der Waals surface area (Å²) in [5.74, 6) is 0.723. The number of hydrogen-bond donors (Lipinski definition) is 0. The maximum Gasteiger partial charge on any atom is 0.269 e. The van der Waals surface area contributed by atoms with Crippen LogP contribution in [0.15, 0.2) is 66.3 Å². The van der Waals surface area contributed by atoms with Crippen LogP contribution in [-0.4, -0.2) is 19.7 Å². The lowest BCUT2D eigenvalue weighted by Gasteiger charge is -2.12. The number of rotatable bonds is 7. The first-order chi connectivity index (χ1) is 13.0. The Hall–Kier alpha value is -2.64. The molecule has 138 valence electrons. The van der Waals surface area contributed by atoms with Crippen LogP contribution in [0.3, 0.4) is 0 Å². The highest BCUT2D eigenvalue weighted by atomic mass is 35.5. The lowest BCUT2D eigenvalue weighted by Crippen LogP contribution is -2.02. The predicted octanol–water partition coefficient (Wildman–Crippen LogP) is 5.55. The van der Waals surface area contributed by atoms with Crippen LogP contribution in [0.1, 0.15) is 17.7 Å². The van der Waals surface area contributed by atoms with Crippen LogP contribution in [0.4, 0.5) is 5.69 Å². The van der Waals surface area contributed by atoms with Crippen LogP contribution >= 0.6 is 23.4 Å². The smallest absolute Gasteiger partial charge is 0.269 e. The van der Waals surface area contributed by atoms with E-state index in [1.54, 1.807) is 18.2 Å². The lowest BCUT2D eigenvalue weighted by atomic mass is 10.1. The van der Waals surface area contributed by atoms with E-state index in [1.165, 1.54) is 17.8 Å². The summed E-state index contributed by atoms with van der Waals surface area (Å²) in [4.78, 5) is 10.6. The third kappa shape index (κ3) is 4.37. The number of non-ortho nitro benzene ring substituents is 1. The van der Waals surface area contributed by atoms with Gasteiger partial charge in [-0.25, -0.2) is 0 Å². The standard InChI is InChI=1S/C19H17ClN4O2S/c1-3-11-23-18(14-7-9-16(20)10-8-14)21-22-19(23)27-13(2)15-5-4-6-17(12-15)24(25)26/h3-10,12-13H,1,11H2,2H3/t13-/m1/s1. The highest BCUT2D eigenvalue weighted by Crippen LogP contribution is 2.36. The fraction of sp³-hybridized carbons (Fsp3) is 0.158. The summed E-state index contributed by atoms with van der Waals surface area (Å²) in [5, 5.41) is 21.0. The minimum absolute atomic E-state index is 0.0317. The molecule has 1 aromatic heterocycles. The fourth-order valence-electron chi connectivity index (χ4n) is 2.60. The van der Waals surface area contributed by atoms with Crippen molar-refractivity contribution in [1.82, 2.24) is 14.8 Å². The summed E-state index contributed by atoms with van der Waals surface area (Å²) in [7, 11) is 0. The molecule has 0 unspecified atom stereocenters. The second-order valence-electron chi connectivity index (χ2n) is 5.82. The highest BCUT2D eigenvalue weighted by Gasteiger charge is 2.18. The first-order valence-electron chi connectivity index (χ1n) is 8.20. The van der Waals surface area contributed by atoms with Gasteiger partial charge in [-0.1, -0.05) is 41.6 Å². The number of aromatic nitrogens is 3. The van der Waals surface area contributed by atoms with Gasteiger partial charge in [-0.15, -0.1) is 16.8 Å². The van der Waals surface area contributed by atoms with E-state index in [1.807, 2.05) is 41.8 Å². The number of allylic oxidation sites excluding steroid dienone is 1. The molecule has 0 aliphatic heterocycles. The Morgan fingerprint density at radius 3 is 2.70 bits per heavy atom. The Balaban J connectivity index is 1.90. The van der Waals surface area contributed by atoms with Crippen molar-refractivity contribution < 1.29 is 4.92 Å². The topological polar surface area (TPSA) is 73.8 Å². The Kier molecular flexibility index (Phi) is 5.93. The first-order valence-corrected chi connectivity index (χ1v) is 9.46. The van der Waals surface area contributed by atoms with Crippen molar-refractivity contribution in [3.8, 4) is 11.4 Å². The molecule has 0 spiro atoms. The number of nitro benzene ring substituents is 1. The molecule has 2 aromatic carbocycles. The Bertz CT molecular complexity index is 972. The van der Waals surface area contributed by atoms with E-state index >= 15 is 0 Å². The van der Waals surface area contributed by atoms with Gasteiger partial charge in [0.2, 0.25) is 0 Å². The molecule has 0 saturated carbocycles. The van der Waals surface area contributed by atoms with Crippen LogP contribution < -0.4 is 0 Å². The van der Waals surface area contributed by atoms with Crippen molar-refractivity contribution in [2.45, 2.75) is 23.9 Å². The minimum Gasteiger partial charge on any atom is -0.298 e. The summed E-state index contributed by atoms with van der Waals surface area (Å²) in [6.45, 7) is 6.35. The Labute approximate surface area is 166 Å². The molecule has 0 aliphatic rings. The van der Waals surface area contributed by atoms with Crippen LogP contribution in [0.25, 0.3) is 11.4 Å². The van der Waals surface area contributed by atoms with E-state index in [9.17, 15) is 10.1 Å². The van der Waals surface area contributed by atoms with Crippen molar-refractivity contribution in [3.63, 3.8) is 0 Å². The van der Waals surface area contributed by atoms with Gasteiger partial charge in [0, 0.05) is 34.5 Å². The second kappa shape index (κ2) is 8.37. The number of nitrogens with zero attached hydrogens (tertiary/aromatic N) is 4. The zero-order valence-electron chi connectivity index (χ0n) is 14.6. The summed E-state index contributed by atoms with van der Waals surface area (Å²) in [6, 6.07) is 14.0. The van der Waals surface area contributed by atoms with Gasteiger partial charge in [0.1, 0.15) is 0 Å². The Morgan fingerprint density at radius 1 is 1.30 bits per heavy atom. The molecule has 0 amide bonds. The maximum atomic E-state index is 11.0. The third-order valence-electron chi connectivity index (χ3n) is 3.96. The molecule has 0 bridgehead atoms. The van der Waals surface area contributed by atoms with Gasteiger partial charge < -0.3 is 0 Å². The number of nitro groups is 1. The number of thioether (sulfide) groups is 1. The summed E-state index contributed by atoms with van der Waals surface area (Å²) in [5.41, 5.74) is 1.84. The molecule has 6 nitrogen and oxygen atoms in total. The molecule has 27 heavy (non-hydrogen) atoms. The van der Waals surface area contributed by atoms with E-state index in [0.29, 0.717) is 11.6 Å². The molecular weight excluding hydrogens is 384 g/mol. The van der Waals surface area contributed by atoms with Crippen molar-refractivity contribution in [2.75, 3.05) is 0 Å². The molecule has 0 aliphatic carbocycles. The van der Waals surface area contributed by atoms with Crippen LogP contribution in [0, 0.1) is 10.1 Å². The van der Waals surface area contributed by atoms with Gasteiger partial charge in [-0.2, -0.15) is 0 Å². The molecule has 1 atom stereocenters. The molecule has 3 rings (SSSR count). The molecule has 0 radical (unpaired) electrons. The van der Waals surface area contributed by atoms with Gasteiger partial charge in [0.05, 0.1) is 4.92 Å². The number of hydrogen-bond acceptors (Lipinski definition) is 5. The van der Waals surface area contributed by atoms with Crippen molar-refractivity contribution >= 4 is 29.1 Å². The maximum absolute atomic E-state index is 11.0. The predicted molar refractivity (Wildman–Crippen MR) is 108 cm³/mol. The molecule has 1 heterocycles. The van der Waals surface area contributed by atoms with E-state index < -0.39 is 0 Å². The molecule has 0 N–H and O–H groups in total. The van der Waals surface area contributed by atoms with E-state index in [-0.39, 0.29) is 15.9 Å². The van der Waals surface area contributed by atoms with Gasteiger partial charge in [0.15, 0.2) is 11.0 Å². The van der Waals surface area contributed by atoms with Crippen molar-refractivity contribution in [1.29, 1.82) is 0 Å². The first kappa shape index (κ1) is 19.1. The largest absolute Gasteiger partial charge is 0.298 e. The SMILES string of the molecule is C=CCn1c(S[C@H](C)c2cccc([N+](=O)[O-])c2)nnc1-c1ccc(Cl)cc1. The molecular formula is C19H17ClN4O2S. The summed E-state index contributed by atoms with van der Waals surface area (Å²) in [6.07, 6.45) is 1.78. The number of benzene rings is 2. The zero-order valence-corrected chi connectivity index (χ0v) is 16.2. The quantitative estimate of drug-likeness (QED) is 0.225. The fourth-order valence-corrected chi connectivity index (χ4v) is 3.70. The molecule has 3 aromatic rings. The summed E-state index contributed by atoms with van der Waals surface area (Å²) < 4.78 is 1.97. The van der Waals surface area contributed by atoms with E-state index in [2.05, 4.69) is 16.8 Å². The lowest BCUT2D eigenvalue weighted by molar-refractivity contribution is -0.384. The summed E-state index contributed by atoms with van der Waals surface area (Å²) >= 11 is 7.46. The normalized spacial score (nSPS) is 11.9. The zero-order chi connectivity index (χ0) is 19.4.